The second-order valence-corrected chi connectivity index (χ2v) is 7.82. The van der Waals surface area contributed by atoms with E-state index in [2.05, 4.69) is 28.2 Å². The molecule has 0 unspecified atom stereocenters. The number of carbonyl (C=O) groups is 1. The summed E-state index contributed by atoms with van der Waals surface area (Å²) >= 11 is 6.37. The van der Waals surface area contributed by atoms with Crippen molar-refractivity contribution in [3.63, 3.8) is 0 Å². The molecule has 0 aliphatic carbocycles. The minimum absolute atomic E-state index is 0.0311. The van der Waals surface area contributed by atoms with Crippen LogP contribution in [0.25, 0.3) is 33.3 Å². The van der Waals surface area contributed by atoms with Gasteiger partial charge in [-0.2, -0.15) is 0 Å². The predicted octanol–water partition coefficient (Wildman–Crippen LogP) is 5.94. The van der Waals surface area contributed by atoms with E-state index in [1.54, 1.807) is 18.3 Å². The Morgan fingerprint density at radius 3 is 2.71 bits per heavy atom. The number of hydrogen-bond acceptors (Lipinski definition) is 4. The standard InChI is InChI=1S/C25H19ClN4O/c1-2-24(31)19-7-6-18(13-20(19)26)22-9-10-23-25(29-22)30(15-28-23)14-16-5-8-21-17(12-16)4-3-11-27-21/h3-13,15H,2,14H2,1H3. The van der Waals surface area contributed by atoms with Crippen LogP contribution in [-0.2, 0) is 6.54 Å². The van der Waals surface area contributed by atoms with Crippen LogP contribution in [-0.4, -0.2) is 25.3 Å². The van der Waals surface area contributed by atoms with Crippen LogP contribution in [0.5, 0.6) is 0 Å². The van der Waals surface area contributed by atoms with Crippen molar-refractivity contribution in [2.75, 3.05) is 0 Å². The number of carbonyl (C=O) groups excluding carboxylic acids is 1. The molecule has 5 rings (SSSR count). The molecule has 3 heterocycles. The molecule has 0 saturated heterocycles. The van der Waals surface area contributed by atoms with E-state index in [9.17, 15) is 4.79 Å². The van der Waals surface area contributed by atoms with Gasteiger partial charge >= 0.3 is 0 Å². The Morgan fingerprint density at radius 1 is 1.00 bits per heavy atom. The molecular weight excluding hydrogens is 408 g/mol. The lowest BCUT2D eigenvalue weighted by Crippen LogP contribution is -2.00. The quantitative estimate of drug-likeness (QED) is 0.326. The van der Waals surface area contributed by atoms with Gasteiger partial charge in [0.15, 0.2) is 11.4 Å². The smallest absolute Gasteiger partial charge is 0.164 e. The lowest BCUT2D eigenvalue weighted by Gasteiger charge is -2.08. The third-order valence-electron chi connectivity index (χ3n) is 5.37. The zero-order valence-corrected chi connectivity index (χ0v) is 17.7. The second kappa shape index (κ2) is 7.93. The summed E-state index contributed by atoms with van der Waals surface area (Å²) < 4.78 is 2.03. The number of fused-ring (bicyclic) bond motifs is 2. The minimum atomic E-state index is 0.0311. The highest BCUT2D eigenvalue weighted by atomic mass is 35.5. The maximum atomic E-state index is 12.0. The Labute approximate surface area is 184 Å². The van der Waals surface area contributed by atoms with Crippen molar-refractivity contribution in [1.29, 1.82) is 0 Å². The lowest BCUT2D eigenvalue weighted by atomic mass is 10.0. The van der Waals surface area contributed by atoms with Gasteiger partial charge in [0.05, 0.1) is 29.1 Å². The van der Waals surface area contributed by atoms with Gasteiger partial charge < -0.3 is 4.57 Å². The van der Waals surface area contributed by atoms with Gasteiger partial charge in [-0.15, -0.1) is 0 Å². The van der Waals surface area contributed by atoms with E-state index in [-0.39, 0.29) is 5.78 Å². The first-order valence-corrected chi connectivity index (χ1v) is 10.5. The summed E-state index contributed by atoms with van der Waals surface area (Å²) in [6.45, 7) is 2.48. The molecular formula is C25H19ClN4O. The van der Waals surface area contributed by atoms with Gasteiger partial charge in [0.2, 0.25) is 0 Å². The second-order valence-electron chi connectivity index (χ2n) is 7.41. The zero-order chi connectivity index (χ0) is 21.4. The van der Waals surface area contributed by atoms with Crippen LogP contribution in [0.4, 0.5) is 0 Å². The van der Waals surface area contributed by atoms with E-state index in [4.69, 9.17) is 16.6 Å². The van der Waals surface area contributed by atoms with Gasteiger partial charge in [-0.3, -0.25) is 9.78 Å². The fraction of sp³-hybridized carbons (Fsp3) is 0.120. The molecule has 0 saturated carbocycles. The molecule has 0 amide bonds. The average molecular weight is 427 g/mol. The summed E-state index contributed by atoms with van der Waals surface area (Å²) in [7, 11) is 0. The van der Waals surface area contributed by atoms with Gasteiger partial charge in [0.25, 0.3) is 0 Å². The van der Waals surface area contributed by atoms with Gasteiger partial charge in [-0.05, 0) is 48.0 Å². The van der Waals surface area contributed by atoms with Crippen LogP contribution in [0.3, 0.4) is 0 Å². The van der Waals surface area contributed by atoms with E-state index in [1.807, 2.05) is 48.1 Å². The van der Waals surface area contributed by atoms with Crippen LogP contribution in [0.1, 0.15) is 29.3 Å². The summed E-state index contributed by atoms with van der Waals surface area (Å²) in [5.41, 5.74) is 5.95. The summed E-state index contributed by atoms with van der Waals surface area (Å²) in [6.07, 6.45) is 4.03. The van der Waals surface area contributed by atoms with E-state index in [0.717, 1.165) is 38.9 Å². The minimum Gasteiger partial charge on any atom is -0.311 e. The monoisotopic (exact) mass is 426 g/mol. The average Bonchev–Trinajstić information content (AvgIpc) is 3.20. The van der Waals surface area contributed by atoms with Gasteiger partial charge in [-0.1, -0.05) is 36.7 Å². The van der Waals surface area contributed by atoms with Crippen molar-refractivity contribution in [2.45, 2.75) is 19.9 Å². The highest BCUT2D eigenvalue weighted by Gasteiger charge is 2.12. The number of ketones is 1. The van der Waals surface area contributed by atoms with Crippen LogP contribution >= 0.6 is 11.6 Å². The number of halogens is 1. The van der Waals surface area contributed by atoms with E-state index >= 15 is 0 Å². The molecule has 152 valence electrons. The Morgan fingerprint density at radius 2 is 1.87 bits per heavy atom. The molecule has 0 radical (unpaired) electrons. The Hall–Kier alpha value is -3.57. The third-order valence-corrected chi connectivity index (χ3v) is 5.68. The molecule has 0 aliphatic heterocycles. The van der Waals surface area contributed by atoms with Crippen LogP contribution in [0, 0.1) is 0 Å². The van der Waals surface area contributed by atoms with Crippen molar-refractivity contribution in [2.24, 2.45) is 0 Å². The lowest BCUT2D eigenvalue weighted by molar-refractivity contribution is 0.0988. The van der Waals surface area contributed by atoms with Crippen molar-refractivity contribution < 1.29 is 4.79 Å². The molecule has 31 heavy (non-hydrogen) atoms. The summed E-state index contributed by atoms with van der Waals surface area (Å²) in [6, 6.07) is 19.6. The molecule has 0 spiro atoms. The summed E-state index contributed by atoms with van der Waals surface area (Å²) in [4.78, 5) is 25.7. The Balaban J connectivity index is 1.51. The third kappa shape index (κ3) is 3.68. The highest BCUT2D eigenvalue weighted by Crippen LogP contribution is 2.27. The van der Waals surface area contributed by atoms with Crippen molar-refractivity contribution in [1.82, 2.24) is 19.5 Å². The van der Waals surface area contributed by atoms with Gasteiger partial charge in [0, 0.05) is 29.1 Å². The van der Waals surface area contributed by atoms with Gasteiger partial charge in [-0.25, -0.2) is 9.97 Å². The number of pyridine rings is 2. The molecule has 6 heteroatoms. The molecule has 5 aromatic rings. The number of imidazole rings is 1. The SMILES string of the molecule is CCC(=O)c1ccc(-c2ccc3ncn(Cc4ccc5ncccc5c4)c3n2)cc1Cl. The van der Waals surface area contributed by atoms with Crippen molar-refractivity contribution in [3.05, 3.63) is 89.3 Å². The van der Waals surface area contributed by atoms with Crippen LogP contribution in [0.15, 0.2) is 73.2 Å². The highest BCUT2D eigenvalue weighted by molar-refractivity contribution is 6.34. The largest absolute Gasteiger partial charge is 0.311 e. The molecule has 2 aromatic carbocycles. The summed E-state index contributed by atoms with van der Waals surface area (Å²) in [5, 5.41) is 1.55. The summed E-state index contributed by atoms with van der Waals surface area (Å²) in [5.74, 6) is 0.0311. The van der Waals surface area contributed by atoms with E-state index in [1.165, 1.54) is 0 Å². The first-order chi connectivity index (χ1) is 15.1. The topological polar surface area (TPSA) is 60.7 Å². The Bertz CT molecular complexity index is 1440. The number of rotatable bonds is 5. The van der Waals surface area contributed by atoms with Gasteiger partial charge in [0.1, 0.15) is 5.52 Å². The maximum absolute atomic E-state index is 12.0. The molecule has 5 nitrogen and oxygen atoms in total. The maximum Gasteiger partial charge on any atom is 0.164 e. The fourth-order valence-electron chi connectivity index (χ4n) is 3.73. The Kier molecular flexibility index (Phi) is 4.96. The fourth-order valence-corrected chi connectivity index (χ4v) is 4.01. The van der Waals surface area contributed by atoms with E-state index in [0.29, 0.717) is 23.6 Å². The van der Waals surface area contributed by atoms with Crippen molar-refractivity contribution >= 4 is 39.5 Å². The molecule has 0 bridgehead atoms. The van der Waals surface area contributed by atoms with E-state index < -0.39 is 0 Å². The number of benzene rings is 2. The zero-order valence-electron chi connectivity index (χ0n) is 16.9. The number of Topliss-reactive ketones (excluding diaryl/α,β-unsaturated/α-hetero) is 1. The molecule has 0 N–H and O–H groups in total. The first-order valence-electron chi connectivity index (χ1n) is 10.1. The number of hydrogen-bond donors (Lipinski definition) is 0. The first kappa shape index (κ1) is 19.4. The van der Waals surface area contributed by atoms with Crippen molar-refractivity contribution in [3.8, 4) is 11.3 Å². The number of aromatic nitrogens is 4. The molecule has 0 fully saturated rings. The molecule has 0 atom stereocenters. The van der Waals surface area contributed by atoms with Crippen LogP contribution in [0.2, 0.25) is 5.02 Å². The normalized spacial score (nSPS) is 11.3. The van der Waals surface area contributed by atoms with Crippen LogP contribution < -0.4 is 0 Å². The predicted molar refractivity (Wildman–Crippen MR) is 123 cm³/mol. The molecule has 3 aromatic heterocycles. The molecule has 0 aliphatic rings. The number of nitrogens with zero attached hydrogens (tertiary/aromatic N) is 4.